The number of ether oxygens (including phenoxy) is 4. The lowest BCUT2D eigenvalue weighted by Crippen LogP contribution is -2.55. The Morgan fingerprint density at radius 3 is 2.54 bits per heavy atom. The summed E-state index contributed by atoms with van der Waals surface area (Å²) in [7, 11) is -3.70. The summed E-state index contributed by atoms with van der Waals surface area (Å²) in [6.07, 6.45) is 3.33. The molecule has 4 rings (SSSR count). The van der Waals surface area contributed by atoms with Crippen LogP contribution >= 0.6 is 0 Å². The lowest BCUT2D eigenvalue weighted by atomic mass is 9.90. The van der Waals surface area contributed by atoms with Crippen LogP contribution in [0.1, 0.15) is 25.7 Å². The lowest BCUT2D eigenvalue weighted by molar-refractivity contribution is -0.191. The third-order valence-corrected chi connectivity index (χ3v) is 6.17. The number of fused-ring (bicyclic) bond motifs is 1. The van der Waals surface area contributed by atoms with Gasteiger partial charge in [0, 0.05) is 12.5 Å². The van der Waals surface area contributed by atoms with Gasteiger partial charge in [-0.2, -0.15) is 0 Å². The van der Waals surface area contributed by atoms with Gasteiger partial charge in [0.05, 0.1) is 24.2 Å². The van der Waals surface area contributed by atoms with Gasteiger partial charge < -0.3 is 18.9 Å². The molecule has 1 N–H and O–H groups in total. The zero-order valence-corrected chi connectivity index (χ0v) is 14.1. The molecule has 2 fully saturated rings. The normalized spacial score (nSPS) is 25.8. The van der Waals surface area contributed by atoms with Gasteiger partial charge in [-0.1, -0.05) is 6.42 Å². The highest BCUT2D eigenvalue weighted by Crippen LogP contribution is 2.37. The summed E-state index contributed by atoms with van der Waals surface area (Å²) >= 11 is 0. The van der Waals surface area contributed by atoms with Crippen LogP contribution in [0.25, 0.3) is 0 Å². The lowest BCUT2D eigenvalue weighted by Gasteiger charge is -2.39. The van der Waals surface area contributed by atoms with Gasteiger partial charge in [0.1, 0.15) is 13.2 Å². The Hall–Kier alpha value is -1.35. The maximum Gasteiger partial charge on any atom is 0.241 e. The van der Waals surface area contributed by atoms with E-state index in [1.807, 2.05) is 0 Å². The van der Waals surface area contributed by atoms with Crippen molar-refractivity contribution < 1.29 is 27.4 Å². The Kier molecular flexibility index (Phi) is 4.16. The van der Waals surface area contributed by atoms with E-state index in [9.17, 15) is 8.42 Å². The second-order valence-corrected chi connectivity index (χ2v) is 7.95. The summed E-state index contributed by atoms with van der Waals surface area (Å²) in [5.74, 6) is 0.201. The van der Waals surface area contributed by atoms with Crippen molar-refractivity contribution in [1.82, 2.24) is 4.72 Å². The number of hydrogen-bond acceptors (Lipinski definition) is 6. The maximum atomic E-state index is 12.8. The van der Waals surface area contributed by atoms with Gasteiger partial charge in [-0.25, -0.2) is 13.1 Å². The minimum Gasteiger partial charge on any atom is -0.486 e. The van der Waals surface area contributed by atoms with E-state index in [0.717, 1.165) is 12.8 Å². The molecular weight excluding hydrogens is 334 g/mol. The molecule has 1 aromatic carbocycles. The smallest absolute Gasteiger partial charge is 0.241 e. The summed E-state index contributed by atoms with van der Waals surface area (Å²) in [5.41, 5.74) is 0. The standard InChI is InChI=1S/C16H21NO6S/c18-24(19,12-4-5-13-14(11-12)21-8-7-20-13)17-15-3-1-2-6-16(15)22-9-10-23-16/h4-5,11,15,17H,1-3,6-10H2. The van der Waals surface area contributed by atoms with Crippen molar-refractivity contribution in [2.24, 2.45) is 0 Å². The van der Waals surface area contributed by atoms with E-state index in [-0.39, 0.29) is 10.9 Å². The predicted octanol–water partition coefficient (Wildman–Crippen LogP) is 1.42. The van der Waals surface area contributed by atoms with Crippen molar-refractivity contribution in [3.8, 4) is 11.5 Å². The second kappa shape index (κ2) is 6.18. The SMILES string of the molecule is O=S(=O)(NC1CCCCC12OCCO2)c1ccc2c(c1)OCCO2. The van der Waals surface area contributed by atoms with Crippen molar-refractivity contribution in [3.63, 3.8) is 0 Å². The minimum atomic E-state index is -3.70. The van der Waals surface area contributed by atoms with Crippen LogP contribution in [0.4, 0.5) is 0 Å². The summed E-state index contributed by atoms with van der Waals surface area (Å²) in [5, 5.41) is 0. The third kappa shape index (κ3) is 2.88. The van der Waals surface area contributed by atoms with Gasteiger partial charge in [-0.3, -0.25) is 0 Å². The first-order chi connectivity index (χ1) is 11.6. The Bertz CT molecular complexity index is 713. The fourth-order valence-electron chi connectivity index (χ4n) is 3.52. The third-order valence-electron chi connectivity index (χ3n) is 4.70. The fraction of sp³-hybridized carbons (Fsp3) is 0.625. The van der Waals surface area contributed by atoms with E-state index >= 15 is 0 Å². The summed E-state index contributed by atoms with van der Waals surface area (Å²) in [6, 6.07) is 4.28. The van der Waals surface area contributed by atoms with Gasteiger partial charge in [0.2, 0.25) is 10.0 Å². The molecule has 2 aliphatic heterocycles. The van der Waals surface area contributed by atoms with Crippen molar-refractivity contribution in [1.29, 1.82) is 0 Å². The first-order valence-corrected chi connectivity index (χ1v) is 9.77. The fourth-order valence-corrected chi connectivity index (χ4v) is 4.84. The molecule has 0 bridgehead atoms. The van der Waals surface area contributed by atoms with Gasteiger partial charge in [-0.15, -0.1) is 0 Å². The van der Waals surface area contributed by atoms with Crippen molar-refractivity contribution >= 4 is 10.0 Å². The Morgan fingerprint density at radius 2 is 1.75 bits per heavy atom. The molecule has 7 nitrogen and oxygen atoms in total. The predicted molar refractivity (Wildman–Crippen MR) is 84.6 cm³/mol. The minimum absolute atomic E-state index is 0.158. The molecule has 1 unspecified atom stereocenters. The molecule has 1 atom stereocenters. The van der Waals surface area contributed by atoms with Crippen LogP contribution < -0.4 is 14.2 Å². The van der Waals surface area contributed by atoms with E-state index in [0.29, 0.717) is 50.8 Å². The van der Waals surface area contributed by atoms with E-state index in [2.05, 4.69) is 4.72 Å². The van der Waals surface area contributed by atoms with Crippen molar-refractivity contribution in [2.45, 2.75) is 42.4 Å². The van der Waals surface area contributed by atoms with Crippen molar-refractivity contribution in [3.05, 3.63) is 18.2 Å². The molecule has 0 aromatic heterocycles. The quantitative estimate of drug-likeness (QED) is 0.883. The van der Waals surface area contributed by atoms with Crippen LogP contribution in [0.15, 0.2) is 23.1 Å². The highest BCUT2D eigenvalue weighted by atomic mass is 32.2. The Labute approximate surface area is 141 Å². The molecule has 1 saturated carbocycles. The van der Waals surface area contributed by atoms with Crippen LogP contribution in [-0.2, 0) is 19.5 Å². The highest BCUT2D eigenvalue weighted by molar-refractivity contribution is 7.89. The van der Waals surface area contributed by atoms with Gasteiger partial charge in [0.15, 0.2) is 17.3 Å². The largest absolute Gasteiger partial charge is 0.486 e. The summed E-state index contributed by atoms with van der Waals surface area (Å²) in [4.78, 5) is 0.158. The van der Waals surface area contributed by atoms with Crippen LogP contribution in [0, 0.1) is 0 Å². The average molecular weight is 355 g/mol. The molecule has 1 spiro atoms. The first kappa shape index (κ1) is 16.1. The molecule has 0 radical (unpaired) electrons. The number of sulfonamides is 1. The summed E-state index contributed by atoms with van der Waals surface area (Å²) < 4.78 is 50.9. The molecule has 132 valence electrons. The van der Waals surface area contributed by atoms with Gasteiger partial charge in [-0.05, 0) is 25.0 Å². The van der Waals surface area contributed by atoms with Crippen LogP contribution in [0.5, 0.6) is 11.5 Å². The molecule has 1 saturated heterocycles. The molecule has 8 heteroatoms. The Balaban J connectivity index is 1.58. The van der Waals surface area contributed by atoms with Crippen molar-refractivity contribution in [2.75, 3.05) is 26.4 Å². The van der Waals surface area contributed by atoms with Gasteiger partial charge in [0.25, 0.3) is 0 Å². The number of rotatable bonds is 3. The van der Waals surface area contributed by atoms with E-state index < -0.39 is 15.8 Å². The molecule has 1 aromatic rings. The zero-order valence-electron chi connectivity index (χ0n) is 13.3. The number of hydrogen-bond donors (Lipinski definition) is 1. The van der Waals surface area contributed by atoms with E-state index in [1.54, 1.807) is 6.07 Å². The topological polar surface area (TPSA) is 83.1 Å². The molecular formula is C16H21NO6S. The number of nitrogens with one attached hydrogen (secondary N) is 1. The van der Waals surface area contributed by atoms with E-state index in [4.69, 9.17) is 18.9 Å². The molecule has 3 aliphatic rings. The highest BCUT2D eigenvalue weighted by Gasteiger charge is 2.47. The van der Waals surface area contributed by atoms with E-state index in [1.165, 1.54) is 12.1 Å². The first-order valence-electron chi connectivity index (χ1n) is 8.29. The monoisotopic (exact) mass is 355 g/mol. The molecule has 1 aliphatic carbocycles. The Morgan fingerprint density at radius 1 is 1.00 bits per heavy atom. The van der Waals surface area contributed by atoms with Gasteiger partial charge >= 0.3 is 0 Å². The summed E-state index contributed by atoms with van der Waals surface area (Å²) in [6.45, 7) is 1.89. The zero-order chi connectivity index (χ0) is 16.6. The van der Waals surface area contributed by atoms with Crippen LogP contribution in [0.3, 0.4) is 0 Å². The van der Waals surface area contributed by atoms with Crippen LogP contribution in [0.2, 0.25) is 0 Å². The maximum absolute atomic E-state index is 12.8. The molecule has 0 amide bonds. The number of benzene rings is 1. The molecule has 2 heterocycles. The van der Waals surface area contributed by atoms with Crippen LogP contribution in [-0.4, -0.2) is 46.7 Å². The second-order valence-electron chi connectivity index (χ2n) is 6.23. The average Bonchev–Trinajstić information content (AvgIpc) is 3.06. The molecule has 24 heavy (non-hydrogen) atoms.